The van der Waals surface area contributed by atoms with Gasteiger partial charge in [-0.2, -0.15) is 0 Å². The second-order valence-electron chi connectivity index (χ2n) is 1.97. The first kappa shape index (κ1) is 9.86. The Morgan fingerprint density at radius 3 is 2.50 bits per heavy atom. The third-order valence-electron chi connectivity index (χ3n) is 1.13. The Balaban J connectivity index is 3.05. The van der Waals surface area contributed by atoms with E-state index in [0.29, 0.717) is 15.9 Å². The highest BCUT2D eigenvalue weighted by Crippen LogP contribution is 2.28. The number of hydrazine groups is 1. The number of anilines is 1. The van der Waals surface area contributed by atoms with E-state index < -0.39 is 0 Å². The largest absolute Gasteiger partial charge is 0.305 e. The number of nitrogens with zero attached hydrogens (tertiary/aromatic N) is 1. The molecule has 0 fully saturated rings. The number of aromatic nitrogens is 1. The van der Waals surface area contributed by atoms with E-state index in [9.17, 15) is 0 Å². The van der Waals surface area contributed by atoms with Crippen LogP contribution in [0.1, 0.15) is 0 Å². The molecule has 1 heterocycles. The minimum Gasteiger partial charge on any atom is -0.305 e. The molecule has 0 saturated carbocycles. The van der Waals surface area contributed by atoms with E-state index in [2.05, 4.69) is 15.8 Å². The molecular weight excluding hydrogens is 220 g/mol. The standard InChI is InChI=1S/C6H6Cl3N3/c1-10-12-6-4(8)2-3(7)5(9)11-6/h2,10H,1H3,(H,11,12). The normalized spacial score (nSPS) is 10.0. The monoisotopic (exact) mass is 225 g/mol. The minimum absolute atomic E-state index is 0.221. The topological polar surface area (TPSA) is 37.0 Å². The molecular formula is C6H6Cl3N3. The van der Waals surface area contributed by atoms with E-state index in [1.54, 1.807) is 7.05 Å². The highest BCUT2D eigenvalue weighted by Gasteiger charge is 2.05. The highest BCUT2D eigenvalue weighted by molar-refractivity contribution is 6.42. The summed E-state index contributed by atoms with van der Waals surface area (Å²) in [5.41, 5.74) is 5.38. The van der Waals surface area contributed by atoms with E-state index in [1.807, 2.05) is 0 Å². The Morgan fingerprint density at radius 2 is 1.92 bits per heavy atom. The fourth-order valence-corrected chi connectivity index (χ4v) is 1.20. The van der Waals surface area contributed by atoms with Gasteiger partial charge in [0, 0.05) is 7.05 Å². The summed E-state index contributed by atoms with van der Waals surface area (Å²) >= 11 is 17.1. The maximum atomic E-state index is 5.77. The molecule has 0 spiro atoms. The second-order valence-corrected chi connectivity index (χ2v) is 3.14. The molecule has 0 atom stereocenters. The third kappa shape index (κ3) is 2.14. The van der Waals surface area contributed by atoms with Crippen LogP contribution in [0.15, 0.2) is 6.07 Å². The second kappa shape index (κ2) is 4.14. The molecule has 12 heavy (non-hydrogen) atoms. The van der Waals surface area contributed by atoms with E-state index in [1.165, 1.54) is 6.07 Å². The van der Waals surface area contributed by atoms with Crippen LogP contribution in [0, 0.1) is 0 Å². The lowest BCUT2D eigenvalue weighted by molar-refractivity contribution is 0.965. The molecule has 0 unspecified atom stereocenters. The van der Waals surface area contributed by atoms with Gasteiger partial charge in [0.05, 0.1) is 10.0 Å². The van der Waals surface area contributed by atoms with Crippen LogP contribution < -0.4 is 10.9 Å². The summed E-state index contributed by atoms with van der Waals surface area (Å²) < 4.78 is 0. The molecule has 1 aromatic rings. The zero-order valence-corrected chi connectivity index (χ0v) is 8.43. The van der Waals surface area contributed by atoms with Gasteiger partial charge in [-0.3, -0.25) is 0 Å². The average molecular weight is 226 g/mol. The van der Waals surface area contributed by atoms with Crippen molar-refractivity contribution in [3.63, 3.8) is 0 Å². The molecule has 0 bridgehead atoms. The van der Waals surface area contributed by atoms with Crippen LogP contribution in [-0.2, 0) is 0 Å². The molecule has 66 valence electrons. The predicted octanol–water partition coefficient (Wildman–Crippen LogP) is 2.59. The lowest BCUT2D eigenvalue weighted by Crippen LogP contribution is -2.16. The zero-order valence-electron chi connectivity index (χ0n) is 6.16. The molecule has 2 N–H and O–H groups in total. The zero-order chi connectivity index (χ0) is 9.14. The molecule has 0 amide bonds. The lowest BCUT2D eigenvalue weighted by atomic mass is 10.4. The third-order valence-corrected chi connectivity index (χ3v) is 2.09. The summed E-state index contributed by atoms with van der Waals surface area (Å²) in [5, 5.41) is 0.973. The van der Waals surface area contributed by atoms with Crippen molar-refractivity contribution < 1.29 is 0 Å². The van der Waals surface area contributed by atoms with Crippen molar-refractivity contribution in [2.75, 3.05) is 12.5 Å². The fraction of sp³-hybridized carbons (Fsp3) is 0.167. The van der Waals surface area contributed by atoms with Crippen molar-refractivity contribution in [1.29, 1.82) is 0 Å². The molecule has 1 aromatic heterocycles. The maximum absolute atomic E-state index is 5.77. The fourth-order valence-electron chi connectivity index (χ4n) is 0.650. The van der Waals surface area contributed by atoms with E-state index >= 15 is 0 Å². The summed E-state index contributed by atoms with van der Waals surface area (Å²) in [5.74, 6) is 0.452. The summed E-state index contributed by atoms with van der Waals surface area (Å²) in [6.45, 7) is 0. The van der Waals surface area contributed by atoms with Gasteiger partial charge in [0.25, 0.3) is 0 Å². The van der Waals surface area contributed by atoms with Gasteiger partial charge in [0.15, 0.2) is 5.82 Å². The van der Waals surface area contributed by atoms with Gasteiger partial charge >= 0.3 is 0 Å². The Morgan fingerprint density at radius 1 is 1.25 bits per heavy atom. The first-order valence-corrected chi connectivity index (χ1v) is 4.23. The van der Waals surface area contributed by atoms with Gasteiger partial charge in [-0.05, 0) is 6.07 Å². The number of hydrogen-bond acceptors (Lipinski definition) is 3. The Hall–Kier alpha value is -0.220. The molecule has 0 aliphatic heterocycles. The van der Waals surface area contributed by atoms with Crippen LogP contribution in [0.5, 0.6) is 0 Å². The van der Waals surface area contributed by atoms with Crippen molar-refractivity contribution in [3.8, 4) is 0 Å². The molecule has 0 saturated heterocycles. The first-order chi connectivity index (χ1) is 5.65. The maximum Gasteiger partial charge on any atom is 0.160 e. The van der Waals surface area contributed by atoms with Crippen LogP contribution in [0.2, 0.25) is 15.2 Å². The molecule has 0 aliphatic carbocycles. The van der Waals surface area contributed by atoms with Crippen molar-refractivity contribution >= 4 is 40.6 Å². The van der Waals surface area contributed by atoms with Gasteiger partial charge in [-0.1, -0.05) is 34.8 Å². The summed E-state index contributed by atoms with van der Waals surface area (Å²) in [4.78, 5) is 3.89. The molecule has 0 aromatic carbocycles. The van der Waals surface area contributed by atoms with Crippen LogP contribution in [0.4, 0.5) is 5.82 Å². The van der Waals surface area contributed by atoms with E-state index in [4.69, 9.17) is 34.8 Å². The Kier molecular flexibility index (Phi) is 3.40. The smallest absolute Gasteiger partial charge is 0.160 e. The van der Waals surface area contributed by atoms with Gasteiger partial charge in [-0.25, -0.2) is 10.4 Å². The predicted molar refractivity (Wildman–Crippen MR) is 51.9 cm³/mol. The van der Waals surface area contributed by atoms with Gasteiger partial charge in [0.1, 0.15) is 5.15 Å². The van der Waals surface area contributed by atoms with Crippen LogP contribution >= 0.6 is 34.8 Å². The molecule has 0 radical (unpaired) electrons. The van der Waals surface area contributed by atoms with Crippen molar-refractivity contribution in [3.05, 3.63) is 21.3 Å². The van der Waals surface area contributed by atoms with Gasteiger partial charge in [0.2, 0.25) is 0 Å². The first-order valence-electron chi connectivity index (χ1n) is 3.09. The van der Waals surface area contributed by atoms with Crippen LogP contribution in [-0.4, -0.2) is 12.0 Å². The van der Waals surface area contributed by atoms with E-state index in [-0.39, 0.29) is 5.15 Å². The number of nitrogens with one attached hydrogen (secondary N) is 2. The van der Waals surface area contributed by atoms with Crippen molar-refractivity contribution in [1.82, 2.24) is 10.4 Å². The summed E-state index contributed by atoms with van der Waals surface area (Å²) in [6.07, 6.45) is 0. The van der Waals surface area contributed by atoms with E-state index in [0.717, 1.165) is 0 Å². The quantitative estimate of drug-likeness (QED) is 0.601. The van der Waals surface area contributed by atoms with Crippen LogP contribution in [0.25, 0.3) is 0 Å². The lowest BCUT2D eigenvalue weighted by Gasteiger charge is -2.06. The highest BCUT2D eigenvalue weighted by atomic mass is 35.5. The Labute approximate surface area is 85.0 Å². The van der Waals surface area contributed by atoms with Crippen LogP contribution in [0.3, 0.4) is 0 Å². The number of pyridine rings is 1. The molecule has 3 nitrogen and oxygen atoms in total. The Bertz CT molecular complexity index is 290. The average Bonchev–Trinajstić information content (AvgIpc) is 2.01. The summed E-state index contributed by atoms with van der Waals surface area (Å²) in [7, 11) is 1.69. The van der Waals surface area contributed by atoms with Crippen molar-refractivity contribution in [2.45, 2.75) is 0 Å². The number of halogens is 3. The molecule has 6 heteroatoms. The SMILES string of the molecule is CNNc1nc(Cl)c(Cl)cc1Cl. The van der Waals surface area contributed by atoms with Gasteiger partial charge in [-0.15, -0.1) is 0 Å². The van der Waals surface area contributed by atoms with Crippen molar-refractivity contribution in [2.24, 2.45) is 0 Å². The number of hydrogen-bond donors (Lipinski definition) is 2. The van der Waals surface area contributed by atoms with Gasteiger partial charge < -0.3 is 5.43 Å². The number of rotatable bonds is 2. The summed E-state index contributed by atoms with van der Waals surface area (Å²) in [6, 6.07) is 1.53. The minimum atomic E-state index is 0.221. The molecule has 0 aliphatic rings. The molecule has 1 rings (SSSR count).